The molecule has 18 heavy (non-hydrogen) atoms. The molecule has 0 bridgehead atoms. The van der Waals surface area contributed by atoms with Crippen LogP contribution in [-0.4, -0.2) is 15.2 Å². The third-order valence-electron chi connectivity index (χ3n) is 2.88. The fourth-order valence-corrected chi connectivity index (χ4v) is 2.04. The van der Waals surface area contributed by atoms with Crippen molar-refractivity contribution in [3.63, 3.8) is 0 Å². The molecule has 2 heterocycles. The molecule has 4 nitrogen and oxygen atoms in total. The lowest BCUT2D eigenvalue weighted by molar-refractivity contribution is 1.10. The maximum Gasteiger partial charge on any atom is 0.155 e. The number of nitrogens with one attached hydrogen (secondary N) is 1. The van der Waals surface area contributed by atoms with Gasteiger partial charge in [0.2, 0.25) is 0 Å². The minimum Gasteiger partial charge on any atom is -0.261 e. The molecule has 3 aromatic rings. The van der Waals surface area contributed by atoms with Gasteiger partial charge in [-0.3, -0.25) is 5.10 Å². The number of nitrogens with zero attached hydrogens (tertiary/aromatic N) is 3. The molecule has 0 unspecified atom stereocenters. The molecule has 3 rings (SSSR count). The van der Waals surface area contributed by atoms with Gasteiger partial charge in [0.15, 0.2) is 5.65 Å². The van der Waals surface area contributed by atoms with Crippen LogP contribution < -0.4 is 0 Å². The summed E-state index contributed by atoms with van der Waals surface area (Å²) in [4.78, 5) is 4.22. The number of aromatic amines is 1. The molecule has 0 spiro atoms. The monoisotopic (exact) mass is 234 g/mol. The summed E-state index contributed by atoms with van der Waals surface area (Å²) in [7, 11) is 0. The Morgan fingerprint density at radius 3 is 3.11 bits per heavy atom. The van der Waals surface area contributed by atoms with Crippen molar-refractivity contribution >= 4 is 11.0 Å². The first-order chi connectivity index (χ1) is 8.88. The molecule has 0 saturated heterocycles. The maximum absolute atomic E-state index is 8.74. The molecule has 0 radical (unpaired) electrons. The second-order valence-corrected chi connectivity index (χ2v) is 4.03. The third kappa shape index (κ3) is 1.72. The van der Waals surface area contributed by atoms with Crippen molar-refractivity contribution in [2.45, 2.75) is 6.42 Å². The molecule has 0 aliphatic carbocycles. The van der Waals surface area contributed by atoms with E-state index in [0.717, 1.165) is 27.7 Å². The van der Waals surface area contributed by atoms with E-state index in [9.17, 15) is 0 Å². The van der Waals surface area contributed by atoms with E-state index < -0.39 is 0 Å². The average Bonchev–Trinajstić information content (AvgIpc) is 2.87. The number of fused-ring (bicyclic) bond motifs is 1. The van der Waals surface area contributed by atoms with Gasteiger partial charge in [-0.1, -0.05) is 24.3 Å². The van der Waals surface area contributed by atoms with Crippen LogP contribution in [-0.2, 0) is 6.42 Å². The predicted molar refractivity (Wildman–Crippen MR) is 68.6 cm³/mol. The van der Waals surface area contributed by atoms with Crippen LogP contribution in [0.4, 0.5) is 0 Å². The molecule has 4 heteroatoms. The number of H-pyrrole nitrogens is 1. The van der Waals surface area contributed by atoms with Crippen LogP contribution >= 0.6 is 0 Å². The van der Waals surface area contributed by atoms with Crippen LogP contribution in [0, 0.1) is 11.3 Å². The van der Waals surface area contributed by atoms with E-state index in [-0.39, 0.29) is 0 Å². The first-order valence-electron chi connectivity index (χ1n) is 5.63. The first-order valence-corrected chi connectivity index (χ1v) is 5.63. The molecule has 1 aromatic carbocycles. The SMILES string of the molecule is N#CCc1cccc(-c2ccnc3[nH]ncc23)c1. The predicted octanol–water partition coefficient (Wildman–Crippen LogP) is 2.69. The zero-order valence-electron chi connectivity index (χ0n) is 9.59. The Kier molecular flexibility index (Phi) is 2.50. The Hall–Kier alpha value is -2.67. The average molecular weight is 234 g/mol. The van der Waals surface area contributed by atoms with Gasteiger partial charge in [-0.25, -0.2) is 4.98 Å². The number of nitriles is 1. The van der Waals surface area contributed by atoms with E-state index in [1.54, 1.807) is 12.4 Å². The number of benzene rings is 1. The Balaban J connectivity index is 2.17. The van der Waals surface area contributed by atoms with Gasteiger partial charge in [-0.2, -0.15) is 10.4 Å². The number of hydrogen-bond acceptors (Lipinski definition) is 3. The van der Waals surface area contributed by atoms with Crippen molar-refractivity contribution in [2.24, 2.45) is 0 Å². The van der Waals surface area contributed by atoms with Gasteiger partial charge >= 0.3 is 0 Å². The fourth-order valence-electron chi connectivity index (χ4n) is 2.04. The molecule has 0 saturated carbocycles. The van der Waals surface area contributed by atoms with Crippen LogP contribution in [0.25, 0.3) is 22.2 Å². The summed E-state index contributed by atoms with van der Waals surface area (Å²) >= 11 is 0. The number of pyridine rings is 1. The summed E-state index contributed by atoms with van der Waals surface area (Å²) in [6, 6.07) is 12.1. The minimum absolute atomic E-state index is 0.424. The van der Waals surface area contributed by atoms with Gasteiger partial charge in [0.1, 0.15) is 0 Å². The summed E-state index contributed by atoms with van der Waals surface area (Å²) in [5.74, 6) is 0. The van der Waals surface area contributed by atoms with E-state index in [2.05, 4.69) is 21.3 Å². The Morgan fingerprint density at radius 2 is 2.22 bits per heavy atom. The molecule has 2 aromatic heterocycles. The van der Waals surface area contributed by atoms with Crippen molar-refractivity contribution in [1.29, 1.82) is 5.26 Å². The normalized spacial score (nSPS) is 10.4. The highest BCUT2D eigenvalue weighted by Crippen LogP contribution is 2.26. The zero-order valence-corrected chi connectivity index (χ0v) is 9.59. The maximum atomic E-state index is 8.74. The molecule has 0 fully saturated rings. The molecular weight excluding hydrogens is 224 g/mol. The Labute approximate surface area is 104 Å². The molecule has 0 amide bonds. The van der Waals surface area contributed by atoms with Crippen LogP contribution in [0.15, 0.2) is 42.7 Å². The number of rotatable bonds is 2. The van der Waals surface area contributed by atoms with Crippen LogP contribution in [0.3, 0.4) is 0 Å². The lowest BCUT2D eigenvalue weighted by atomic mass is 10.0. The van der Waals surface area contributed by atoms with Gasteiger partial charge in [0.05, 0.1) is 18.7 Å². The molecule has 0 atom stereocenters. The number of aromatic nitrogens is 3. The first kappa shape index (κ1) is 10.5. The molecular formula is C14H10N4. The van der Waals surface area contributed by atoms with E-state index in [4.69, 9.17) is 5.26 Å². The van der Waals surface area contributed by atoms with Crippen molar-refractivity contribution in [3.05, 3.63) is 48.3 Å². The zero-order chi connectivity index (χ0) is 12.4. The van der Waals surface area contributed by atoms with E-state index in [1.807, 2.05) is 30.3 Å². The topological polar surface area (TPSA) is 65.4 Å². The van der Waals surface area contributed by atoms with Gasteiger partial charge in [0, 0.05) is 11.6 Å². The Morgan fingerprint density at radius 1 is 1.28 bits per heavy atom. The quantitative estimate of drug-likeness (QED) is 0.741. The van der Waals surface area contributed by atoms with Gasteiger partial charge in [-0.15, -0.1) is 0 Å². The smallest absolute Gasteiger partial charge is 0.155 e. The second kappa shape index (κ2) is 4.30. The van der Waals surface area contributed by atoms with Gasteiger partial charge in [0.25, 0.3) is 0 Å². The van der Waals surface area contributed by atoms with Crippen LogP contribution in [0.1, 0.15) is 5.56 Å². The number of hydrogen-bond donors (Lipinski definition) is 1. The highest BCUT2D eigenvalue weighted by Gasteiger charge is 2.06. The van der Waals surface area contributed by atoms with Crippen LogP contribution in [0.2, 0.25) is 0 Å². The van der Waals surface area contributed by atoms with Crippen LogP contribution in [0.5, 0.6) is 0 Å². The third-order valence-corrected chi connectivity index (χ3v) is 2.88. The van der Waals surface area contributed by atoms with E-state index >= 15 is 0 Å². The van der Waals surface area contributed by atoms with Crippen molar-refractivity contribution in [3.8, 4) is 17.2 Å². The molecule has 0 aliphatic rings. The molecule has 86 valence electrons. The Bertz CT molecular complexity index is 737. The lowest BCUT2D eigenvalue weighted by Crippen LogP contribution is -1.85. The van der Waals surface area contributed by atoms with Gasteiger partial charge < -0.3 is 0 Å². The van der Waals surface area contributed by atoms with Crippen molar-refractivity contribution < 1.29 is 0 Å². The largest absolute Gasteiger partial charge is 0.261 e. The summed E-state index contributed by atoms with van der Waals surface area (Å²) in [5, 5.41) is 16.6. The fraction of sp³-hybridized carbons (Fsp3) is 0.0714. The van der Waals surface area contributed by atoms with E-state index in [0.29, 0.717) is 6.42 Å². The highest BCUT2D eigenvalue weighted by molar-refractivity contribution is 5.92. The summed E-state index contributed by atoms with van der Waals surface area (Å²) in [6.07, 6.45) is 3.95. The van der Waals surface area contributed by atoms with Crippen molar-refractivity contribution in [2.75, 3.05) is 0 Å². The minimum atomic E-state index is 0.424. The summed E-state index contributed by atoms with van der Waals surface area (Å²) in [6.45, 7) is 0. The highest BCUT2D eigenvalue weighted by atomic mass is 15.1. The van der Waals surface area contributed by atoms with Crippen molar-refractivity contribution in [1.82, 2.24) is 15.2 Å². The molecule has 0 aliphatic heterocycles. The second-order valence-electron chi connectivity index (χ2n) is 4.03. The van der Waals surface area contributed by atoms with Gasteiger partial charge in [-0.05, 0) is 22.8 Å². The molecule has 1 N–H and O–H groups in total. The lowest BCUT2D eigenvalue weighted by Gasteiger charge is -2.04. The summed E-state index contributed by atoms with van der Waals surface area (Å²) in [5.41, 5.74) is 3.95. The summed E-state index contributed by atoms with van der Waals surface area (Å²) < 4.78 is 0. The standard InChI is InChI=1S/C14H10N4/c15-6-4-10-2-1-3-11(8-10)12-5-7-16-14-13(12)9-17-18-14/h1-3,5,7-9H,4H2,(H,16,17,18). The van der Waals surface area contributed by atoms with E-state index in [1.165, 1.54) is 0 Å².